The molecule has 1 aliphatic heterocycles. The largest absolute Gasteiger partial charge is 0.497 e. The summed E-state index contributed by atoms with van der Waals surface area (Å²) in [6.45, 7) is 4.23. The van der Waals surface area contributed by atoms with Crippen molar-refractivity contribution in [3.8, 4) is 17.2 Å². The van der Waals surface area contributed by atoms with Gasteiger partial charge in [0.25, 0.3) is 5.91 Å². The van der Waals surface area contributed by atoms with Gasteiger partial charge < -0.3 is 13.9 Å². The SMILES string of the molecule is COc1ccc(-c2nnc(NC(=O)c3ccc(S(=O)(=O)N4C[C@@H](C)O[C@@H](C)C4)cc3)o2)cc1. The maximum Gasteiger partial charge on any atom is 0.322 e. The first-order chi connectivity index (χ1) is 15.8. The molecule has 11 heteroatoms. The van der Waals surface area contributed by atoms with Crippen LogP contribution in [0.5, 0.6) is 5.75 Å². The molecular weight excluding hydrogens is 448 g/mol. The van der Waals surface area contributed by atoms with Crippen LogP contribution in [-0.2, 0) is 14.8 Å². The fourth-order valence-corrected chi connectivity index (χ4v) is 5.14. The van der Waals surface area contributed by atoms with Gasteiger partial charge in [0.15, 0.2) is 0 Å². The van der Waals surface area contributed by atoms with E-state index in [-0.39, 0.29) is 47.7 Å². The highest BCUT2D eigenvalue weighted by molar-refractivity contribution is 7.89. The zero-order chi connectivity index (χ0) is 23.6. The third-order valence-corrected chi connectivity index (χ3v) is 6.97. The van der Waals surface area contributed by atoms with Crippen LogP contribution in [0, 0.1) is 0 Å². The number of benzene rings is 2. The Hall–Kier alpha value is -3.28. The highest BCUT2D eigenvalue weighted by atomic mass is 32.2. The molecule has 4 rings (SSSR count). The van der Waals surface area contributed by atoms with Gasteiger partial charge in [0.2, 0.25) is 15.9 Å². The summed E-state index contributed by atoms with van der Waals surface area (Å²) in [5, 5.41) is 10.3. The number of anilines is 1. The van der Waals surface area contributed by atoms with E-state index < -0.39 is 15.9 Å². The van der Waals surface area contributed by atoms with Crippen molar-refractivity contribution in [2.75, 3.05) is 25.5 Å². The average molecular weight is 473 g/mol. The summed E-state index contributed by atoms with van der Waals surface area (Å²) < 4.78 is 43.5. The second kappa shape index (κ2) is 9.30. The van der Waals surface area contributed by atoms with E-state index in [0.717, 1.165) is 0 Å². The normalized spacial score (nSPS) is 19.2. The predicted molar refractivity (Wildman–Crippen MR) is 119 cm³/mol. The molecule has 10 nitrogen and oxygen atoms in total. The molecule has 0 radical (unpaired) electrons. The van der Waals surface area contributed by atoms with Crippen molar-refractivity contribution in [3.05, 3.63) is 54.1 Å². The third kappa shape index (κ3) is 5.05. The van der Waals surface area contributed by atoms with E-state index in [2.05, 4.69) is 15.5 Å². The molecule has 1 aliphatic rings. The molecule has 0 aliphatic carbocycles. The van der Waals surface area contributed by atoms with E-state index in [0.29, 0.717) is 11.3 Å². The highest BCUT2D eigenvalue weighted by Crippen LogP contribution is 2.24. The van der Waals surface area contributed by atoms with Crippen LogP contribution in [0.3, 0.4) is 0 Å². The molecule has 2 atom stereocenters. The number of nitrogens with zero attached hydrogens (tertiary/aromatic N) is 3. The Labute approximate surface area is 191 Å². The molecule has 2 aromatic carbocycles. The van der Waals surface area contributed by atoms with Gasteiger partial charge in [0.1, 0.15) is 5.75 Å². The summed E-state index contributed by atoms with van der Waals surface area (Å²) >= 11 is 0. The summed E-state index contributed by atoms with van der Waals surface area (Å²) in [6, 6.07) is 12.7. The van der Waals surface area contributed by atoms with Crippen molar-refractivity contribution in [2.45, 2.75) is 31.0 Å². The fraction of sp³-hybridized carbons (Fsp3) is 0.318. The molecule has 1 aromatic heterocycles. The number of methoxy groups -OCH3 is 1. The molecule has 0 spiro atoms. The van der Waals surface area contributed by atoms with E-state index in [9.17, 15) is 13.2 Å². The zero-order valence-electron chi connectivity index (χ0n) is 18.4. The molecule has 1 saturated heterocycles. The molecule has 0 bridgehead atoms. The van der Waals surface area contributed by atoms with Gasteiger partial charge in [-0.3, -0.25) is 10.1 Å². The Balaban J connectivity index is 1.44. The minimum Gasteiger partial charge on any atom is -0.497 e. The van der Waals surface area contributed by atoms with Crippen LogP contribution in [0.25, 0.3) is 11.5 Å². The number of carbonyl (C=O) groups is 1. The minimum atomic E-state index is -3.69. The van der Waals surface area contributed by atoms with Gasteiger partial charge in [-0.2, -0.15) is 4.31 Å². The van der Waals surface area contributed by atoms with Crippen LogP contribution >= 0.6 is 0 Å². The van der Waals surface area contributed by atoms with Crippen LogP contribution in [0.1, 0.15) is 24.2 Å². The molecule has 1 fully saturated rings. The molecule has 0 unspecified atom stereocenters. The van der Waals surface area contributed by atoms with E-state index in [1.807, 2.05) is 13.8 Å². The summed E-state index contributed by atoms with van der Waals surface area (Å²) in [6.07, 6.45) is -0.378. The van der Waals surface area contributed by atoms with Gasteiger partial charge >= 0.3 is 6.01 Å². The molecule has 1 N–H and O–H groups in total. The summed E-state index contributed by atoms with van der Waals surface area (Å²) in [4.78, 5) is 12.7. The average Bonchev–Trinajstić information content (AvgIpc) is 3.27. The Morgan fingerprint density at radius 3 is 2.27 bits per heavy atom. The maximum absolute atomic E-state index is 13.0. The molecule has 0 saturated carbocycles. The fourth-order valence-electron chi connectivity index (χ4n) is 3.55. The number of sulfonamides is 1. The molecule has 1 amide bonds. The molecule has 2 heterocycles. The van der Waals surface area contributed by atoms with Gasteiger partial charge in [0.05, 0.1) is 24.2 Å². The first-order valence-corrected chi connectivity index (χ1v) is 11.7. The number of aromatic nitrogens is 2. The third-order valence-electron chi connectivity index (χ3n) is 5.12. The molecular formula is C22H24N4O6S. The van der Waals surface area contributed by atoms with E-state index >= 15 is 0 Å². The Kier molecular flexibility index (Phi) is 6.45. The van der Waals surface area contributed by atoms with E-state index in [1.165, 1.54) is 28.6 Å². The lowest BCUT2D eigenvalue weighted by Crippen LogP contribution is -2.48. The second-order valence-electron chi connectivity index (χ2n) is 7.70. The van der Waals surface area contributed by atoms with E-state index in [4.69, 9.17) is 13.9 Å². The number of rotatable bonds is 6. The quantitative estimate of drug-likeness (QED) is 0.581. The summed E-state index contributed by atoms with van der Waals surface area (Å²) in [7, 11) is -2.12. The highest BCUT2D eigenvalue weighted by Gasteiger charge is 2.32. The minimum absolute atomic E-state index is 0.0705. The Morgan fingerprint density at radius 2 is 1.67 bits per heavy atom. The first-order valence-electron chi connectivity index (χ1n) is 10.3. The number of morpholine rings is 1. The van der Waals surface area contributed by atoms with Crippen molar-refractivity contribution in [1.29, 1.82) is 0 Å². The summed E-state index contributed by atoms with van der Waals surface area (Å²) in [5.41, 5.74) is 0.923. The smallest absolute Gasteiger partial charge is 0.322 e. The molecule has 3 aromatic rings. The van der Waals surface area contributed by atoms with Gasteiger partial charge in [-0.25, -0.2) is 8.42 Å². The number of amides is 1. The Bertz CT molecular complexity index is 1210. The lowest BCUT2D eigenvalue weighted by Gasteiger charge is -2.34. The van der Waals surface area contributed by atoms with Crippen molar-refractivity contribution >= 4 is 21.9 Å². The van der Waals surface area contributed by atoms with Crippen LogP contribution in [0.4, 0.5) is 6.01 Å². The Morgan fingerprint density at radius 1 is 1.03 bits per heavy atom. The van der Waals surface area contributed by atoms with Crippen LogP contribution in [0.2, 0.25) is 0 Å². The second-order valence-corrected chi connectivity index (χ2v) is 9.64. The maximum atomic E-state index is 13.0. The number of carbonyl (C=O) groups excluding carboxylic acids is 1. The monoisotopic (exact) mass is 472 g/mol. The lowest BCUT2D eigenvalue weighted by atomic mass is 10.2. The number of ether oxygens (including phenoxy) is 2. The van der Waals surface area contributed by atoms with E-state index in [1.54, 1.807) is 31.4 Å². The number of hydrogen-bond acceptors (Lipinski definition) is 8. The van der Waals surface area contributed by atoms with Gasteiger partial charge in [-0.1, -0.05) is 5.10 Å². The standard InChI is InChI=1S/C22H24N4O6S/c1-14-12-26(13-15(2)31-14)33(28,29)19-10-6-16(7-11-19)20(27)23-22-25-24-21(32-22)17-4-8-18(30-3)9-5-17/h4-11,14-15H,12-13H2,1-3H3,(H,23,25,27)/t14-,15+. The summed E-state index contributed by atoms with van der Waals surface area (Å²) in [5.74, 6) is 0.427. The predicted octanol–water partition coefficient (Wildman–Crippen LogP) is 2.80. The zero-order valence-corrected chi connectivity index (χ0v) is 19.2. The number of nitrogens with one attached hydrogen (secondary N) is 1. The van der Waals surface area contributed by atoms with Crippen molar-refractivity contribution < 1.29 is 27.1 Å². The van der Waals surface area contributed by atoms with Crippen LogP contribution in [-0.4, -0.2) is 61.2 Å². The van der Waals surface area contributed by atoms with Gasteiger partial charge in [-0.15, -0.1) is 5.10 Å². The molecule has 174 valence electrons. The van der Waals surface area contributed by atoms with Crippen LogP contribution in [0.15, 0.2) is 57.8 Å². The first kappa shape index (κ1) is 22.9. The van der Waals surface area contributed by atoms with Crippen molar-refractivity contribution in [2.24, 2.45) is 0 Å². The van der Waals surface area contributed by atoms with Crippen molar-refractivity contribution in [3.63, 3.8) is 0 Å². The lowest BCUT2D eigenvalue weighted by molar-refractivity contribution is -0.0440. The topological polar surface area (TPSA) is 124 Å². The number of hydrogen-bond donors (Lipinski definition) is 1. The molecule has 33 heavy (non-hydrogen) atoms. The van der Waals surface area contributed by atoms with Gasteiger partial charge in [0, 0.05) is 24.2 Å². The van der Waals surface area contributed by atoms with Crippen molar-refractivity contribution in [1.82, 2.24) is 14.5 Å². The van der Waals surface area contributed by atoms with Gasteiger partial charge in [-0.05, 0) is 62.4 Å². The van der Waals surface area contributed by atoms with Crippen LogP contribution < -0.4 is 10.1 Å².